The minimum absolute atomic E-state index is 0.445. The molecule has 0 saturated carbocycles. The lowest BCUT2D eigenvalue weighted by molar-refractivity contribution is 0.305. The molecule has 3 heteroatoms. The van der Waals surface area contributed by atoms with Gasteiger partial charge >= 0.3 is 0 Å². The Morgan fingerprint density at radius 2 is 2.25 bits per heavy atom. The van der Waals surface area contributed by atoms with Crippen LogP contribution in [0.15, 0.2) is 16.8 Å². The molecule has 0 aliphatic heterocycles. The topological polar surface area (TPSA) is 38.9 Å². The molecule has 1 heterocycles. The van der Waals surface area contributed by atoms with Gasteiger partial charge in [0.05, 0.1) is 0 Å². The van der Waals surface area contributed by atoms with Gasteiger partial charge in [0.25, 0.3) is 0 Å². The summed E-state index contributed by atoms with van der Waals surface area (Å²) >= 11 is 0. The first-order chi connectivity index (χ1) is 5.77. The predicted molar refractivity (Wildman–Crippen MR) is 46.1 cm³/mol. The van der Waals surface area contributed by atoms with Gasteiger partial charge in [0.2, 0.25) is 0 Å². The predicted octanol–water partition coefficient (Wildman–Crippen LogP) is 2.14. The fourth-order valence-corrected chi connectivity index (χ4v) is 1.35. The molecule has 0 bridgehead atoms. The maximum atomic E-state index is 4.64. The van der Waals surface area contributed by atoms with E-state index in [0.29, 0.717) is 5.92 Å². The maximum absolute atomic E-state index is 4.64. The first kappa shape index (κ1) is 7.28. The summed E-state index contributed by atoms with van der Waals surface area (Å²) in [7, 11) is 0. The smallest absolute Gasteiger partial charge is 0.137 e. The van der Waals surface area contributed by atoms with Crippen molar-refractivity contribution in [2.75, 3.05) is 0 Å². The van der Waals surface area contributed by atoms with Crippen molar-refractivity contribution in [2.24, 2.45) is 5.92 Å². The number of nitrogens with zero attached hydrogens (tertiary/aromatic N) is 2. The molecular formula is C9H10N2O. The van der Waals surface area contributed by atoms with E-state index in [-0.39, 0.29) is 0 Å². The highest BCUT2D eigenvalue weighted by Gasteiger charge is 2.12. The van der Waals surface area contributed by atoms with E-state index in [1.807, 2.05) is 13.0 Å². The molecule has 0 fully saturated rings. The highest BCUT2D eigenvalue weighted by atomic mass is 16.6. The van der Waals surface area contributed by atoms with Crippen LogP contribution in [-0.2, 0) is 0 Å². The molecule has 0 N–H and O–H groups in total. The van der Waals surface area contributed by atoms with Crippen molar-refractivity contribution in [1.29, 1.82) is 0 Å². The highest BCUT2D eigenvalue weighted by Crippen LogP contribution is 2.22. The lowest BCUT2D eigenvalue weighted by Crippen LogP contribution is -1.83. The quantitative estimate of drug-likeness (QED) is 0.586. The van der Waals surface area contributed by atoms with Crippen molar-refractivity contribution in [3.8, 4) is 0 Å². The summed E-state index contributed by atoms with van der Waals surface area (Å²) in [6.07, 6.45) is 6.18. The summed E-state index contributed by atoms with van der Waals surface area (Å²) in [5, 5.41) is 7.61. The summed E-state index contributed by atoms with van der Waals surface area (Å²) in [6, 6.07) is 0. The second-order valence-electron chi connectivity index (χ2n) is 3.07. The van der Waals surface area contributed by atoms with E-state index in [2.05, 4.69) is 34.0 Å². The average Bonchev–Trinajstić information content (AvgIpc) is 2.43. The SMILES string of the molecule is CC1=CC(C)C=Cc2nonc21. The third-order valence-corrected chi connectivity index (χ3v) is 1.96. The van der Waals surface area contributed by atoms with Crippen LogP contribution in [0, 0.1) is 5.92 Å². The molecule has 1 aliphatic carbocycles. The van der Waals surface area contributed by atoms with E-state index in [1.54, 1.807) is 0 Å². The van der Waals surface area contributed by atoms with Crippen LogP contribution in [0.1, 0.15) is 25.2 Å². The molecule has 0 radical (unpaired) electrons. The first-order valence-electron chi connectivity index (χ1n) is 3.97. The molecule has 0 saturated heterocycles. The summed E-state index contributed by atoms with van der Waals surface area (Å²) in [4.78, 5) is 0. The highest BCUT2D eigenvalue weighted by molar-refractivity contribution is 5.70. The van der Waals surface area contributed by atoms with E-state index in [4.69, 9.17) is 0 Å². The number of aromatic nitrogens is 2. The lowest BCUT2D eigenvalue weighted by Gasteiger charge is -1.96. The van der Waals surface area contributed by atoms with Gasteiger partial charge in [0.1, 0.15) is 11.4 Å². The van der Waals surface area contributed by atoms with E-state index in [9.17, 15) is 0 Å². The van der Waals surface area contributed by atoms with Crippen molar-refractivity contribution in [2.45, 2.75) is 13.8 Å². The number of fused-ring (bicyclic) bond motifs is 1. The second-order valence-corrected chi connectivity index (χ2v) is 3.07. The summed E-state index contributed by atoms with van der Waals surface area (Å²) in [5.41, 5.74) is 2.81. The Morgan fingerprint density at radius 3 is 3.08 bits per heavy atom. The molecule has 1 unspecified atom stereocenters. The molecule has 62 valence electrons. The van der Waals surface area contributed by atoms with Crippen LogP contribution in [0.2, 0.25) is 0 Å². The zero-order valence-electron chi connectivity index (χ0n) is 7.11. The molecule has 1 atom stereocenters. The van der Waals surface area contributed by atoms with Gasteiger partial charge in [-0.05, 0) is 34.8 Å². The van der Waals surface area contributed by atoms with E-state index < -0.39 is 0 Å². The average molecular weight is 162 g/mol. The molecule has 1 aromatic rings. The first-order valence-corrected chi connectivity index (χ1v) is 3.97. The van der Waals surface area contributed by atoms with Crippen LogP contribution in [0.3, 0.4) is 0 Å². The van der Waals surface area contributed by atoms with Gasteiger partial charge in [-0.25, -0.2) is 4.63 Å². The standard InChI is InChI=1S/C9H10N2O/c1-6-3-4-8-9(7(2)5-6)11-12-10-8/h3-6H,1-2H3. The molecule has 2 rings (SSSR count). The minimum atomic E-state index is 0.445. The second kappa shape index (κ2) is 2.59. The number of allylic oxidation sites excluding steroid dienone is 3. The zero-order valence-corrected chi connectivity index (χ0v) is 7.11. The van der Waals surface area contributed by atoms with Gasteiger partial charge in [-0.1, -0.05) is 19.1 Å². The van der Waals surface area contributed by atoms with E-state index in [0.717, 1.165) is 17.0 Å². The van der Waals surface area contributed by atoms with Crippen molar-refractivity contribution < 1.29 is 4.63 Å². The summed E-state index contributed by atoms with van der Waals surface area (Å²) in [6.45, 7) is 4.15. The third kappa shape index (κ3) is 1.07. The van der Waals surface area contributed by atoms with Gasteiger partial charge in [-0.2, -0.15) is 0 Å². The van der Waals surface area contributed by atoms with Gasteiger partial charge in [-0.3, -0.25) is 0 Å². The van der Waals surface area contributed by atoms with Gasteiger partial charge in [-0.15, -0.1) is 0 Å². The monoisotopic (exact) mass is 162 g/mol. The maximum Gasteiger partial charge on any atom is 0.137 e. The van der Waals surface area contributed by atoms with Crippen LogP contribution in [0.4, 0.5) is 0 Å². The Balaban J connectivity index is 2.55. The summed E-state index contributed by atoms with van der Waals surface area (Å²) < 4.78 is 4.64. The van der Waals surface area contributed by atoms with Gasteiger partial charge < -0.3 is 0 Å². The third-order valence-electron chi connectivity index (χ3n) is 1.96. The van der Waals surface area contributed by atoms with Crippen LogP contribution >= 0.6 is 0 Å². The molecule has 0 aromatic carbocycles. The van der Waals surface area contributed by atoms with E-state index in [1.165, 1.54) is 0 Å². The number of hydrogen-bond donors (Lipinski definition) is 0. The van der Waals surface area contributed by atoms with Crippen LogP contribution < -0.4 is 0 Å². The van der Waals surface area contributed by atoms with Crippen LogP contribution in [0.25, 0.3) is 11.6 Å². The fourth-order valence-electron chi connectivity index (χ4n) is 1.35. The Kier molecular flexibility index (Phi) is 1.57. The molecule has 12 heavy (non-hydrogen) atoms. The van der Waals surface area contributed by atoms with Crippen molar-refractivity contribution in [3.63, 3.8) is 0 Å². The van der Waals surface area contributed by atoms with Crippen molar-refractivity contribution >= 4 is 11.6 Å². The van der Waals surface area contributed by atoms with Crippen molar-refractivity contribution in [3.05, 3.63) is 23.5 Å². The molecular weight excluding hydrogens is 152 g/mol. The molecule has 3 nitrogen and oxygen atoms in total. The van der Waals surface area contributed by atoms with E-state index >= 15 is 0 Å². The zero-order chi connectivity index (χ0) is 8.55. The summed E-state index contributed by atoms with van der Waals surface area (Å²) in [5.74, 6) is 0.445. The number of hydrogen-bond acceptors (Lipinski definition) is 3. The minimum Gasteiger partial charge on any atom is -0.243 e. The molecule has 0 amide bonds. The number of rotatable bonds is 0. The Bertz CT molecular complexity index is 349. The van der Waals surface area contributed by atoms with Crippen LogP contribution in [0.5, 0.6) is 0 Å². The van der Waals surface area contributed by atoms with Crippen molar-refractivity contribution in [1.82, 2.24) is 10.3 Å². The van der Waals surface area contributed by atoms with Crippen LogP contribution in [-0.4, -0.2) is 10.3 Å². The van der Waals surface area contributed by atoms with Gasteiger partial charge in [0, 0.05) is 0 Å². The normalized spacial score (nSPS) is 21.5. The Hall–Kier alpha value is -1.38. The fraction of sp³-hybridized carbons (Fsp3) is 0.333. The van der Waals surface area contributed by atoms with Gasteiger partial charge in [0.15, 0.2) is 0 Å². The molecule has 0 spiro atoms. The largest absolute Gasteiger partial charge is 0.243 e. The molecule has 1 aliphatic rings. The molecule has 1 aromatic heterocycles. The lowest BCUT2D eigenvalue weighted by atomic mass is 10.1. The Labute approximate surface area is 70.7 Å². The Morgan fingerprint density at radius 1 is 1.42 bits per heavy atom.